The van der Waals surface area contributed by atoms with Gasteiger partial charge in [0.15, 0.2) is 0 Å². The number of alkyl halides is 1. The molecule has 6 heteroatoms. The Kier molecular flexibility index (Phi) is 9.67. The van der Waals surface area contributed by atoms with Crippen molar-refractivity contribution in [2.45, 2.75) is 13.3 Å². The monoisotopic (exact) mass is 265 g/mol. The van der Waals surface area contributed by atoms with Crippen LogP contribution in [0.25, 0.3) is 0 Å². The van der Waals surface area contributed by atoms with Gasteiger partial charge in [-0.25, -0.2) is 0 Å². The highest BCUT2D eigenvalue weighted by atomic mass is 127. The van der Waals surface area contributed by atoms with E-state index in [9.17, 15) is 0 Å². The van der Waals surface area contributed by atoms with Crippen molar-refractivity contribution in [2.24, 2.45) is 0 Å². The van der Waals surface area contributed by atoms with Crippen LogP contribution in [-0.2, 0) is 4.57 Å². The molecule has 0 aromatic heterocycles. The molecule has 9 heavy (non-hydrogen) atoms. The topological polar surface area (TPSA) is 86.2 Å². The van der Waals surface area contributed by atoms with Crippen molar-refractivity contribution in [3.8, 4) is 0 Å². The average molecular weight is 265 g/mol. The van der Waals surface area contributed by atoms with Gasteiger partial charge in [-0.2, -0.15) is 7.82 Å². The zero-order chi connectivity index (χ0) is 7.91. The highest BCUT2D eigenvalue weighted by Crippen LogP contribution is 2.03. The molecule has 0 heterocycles. The van der Waals surface area contributed by atoms with E-state index < -0.39 is 7.82 Å². The Hall–Kier alpha value is 0.840. The number of hydrogen-bond donors (Lipinski definition) is 0. The van der Waals surface area contributed by atoms with Crippen molar-refractivity contribution in [2.75, 3.05) is 4.43 Å². The van der Waals surface area contributed by atoms with Gasteiger partial charge in [-0.05, 0) is 10.8 Å². The van der Waals surface area contributed by atoms with E-state index in [4.69, 9.17) is 19.2 Å². The van der Waals surface area contributed by atoms with E-state index in [0.29, 0.717) is 0 Å². The first-order chi connectivity index (χ1) is 3.91. The van der Waals surface area contributed by atoms with E-state index in [1.165, 1.54) is 10.8 Å². The van der Waals surface area contributed by atoms with E-state index in [0.717, 1.165) is 0 Å². The minimum absolute atomic E-state index is 1.29. The predicted octanol–water partition coefficient (Wildman–Crippen LogP) is -0.993. The fraction of sp³-hybridized carbons (Fsp3) is 1.00. The lowest BCUT2D eigenvalue weighted by Crippen LogP contribution is -2.24. The smallest absolute Gasteiger partial charge is 0.000735 e. The summed E-state index contributed by atoms with van der Waals surface area (Å²) in [4.78, 5) is 25.6. The molecule has 58 valence electrons. The summed E-state index contributed by atoms with van der Waals surface area (Å²) < 4.78 is 9.84. The van der Waals surface area contributed by atoms with Crippen LogP contribution in [0.3, 0.4) is 0 Å². The van der Waals surface area contributed by atoms with Gasteiger partial charge in [0.2, 0.25) is 0 Å². The lowest BCUT2D eigenvalue weighted by Gasteiger charge is -2.36. The Morgan fingerprint density at radius 3 is 1.56 bits per heavy atom. The van der Waals surface area contributed by atoms with Crippen LogP contribution >= 0.6 is 30.4 Å². The average Bonchev–Trinajstić information content (AvgIpc) is 1.61. The normalized spacial score (nSPS) is 9.89. The minimum Gasteiger partial charge on any atom is -0.822 e. The van der Waals surface area contributed by atoms with Crippen LogP contribution in [0, 0.1) is 0 Å². The van der Waals surface area contributed by atoms with Crippen molar-refractivity contribution in [1.29, 1.82) is 0 Å². The summed E-state index contributed by atoms with van der Waals surface area (Å²) in [5, 5.41) is 0. The summed E-state index contributed by atoms with van der Waals surface area (Å²) in [6.45, 7) is 2.17. The Morgan fingerprint density at radius 2 is 1.56 bits per heavy atom. The summed E-state index contributed by atoms with van der Waals surface area (Å²) in [6.07, 6.45) is 1.31. The molecule has 0 atom stereocenters. The first kappa shape index (κ1) is 12.5. The summed E-state index contributed by atoms with van der Waals surface area (Å²) in [6, 6.07) is 0. The zero-order valence-corrected chi connectivity index (χ0v) is 7.92. The van der Waals surface area contributed by atoms with E-state index in [1.807, 2.05) is 0 Å². The van der Waals surface area contributed by atoms with Gasteiger partial charge in [-0.3, -0.25) is 0 Å². The molecule has 4 nitrogen and oxygen atoms in total. The second kappa shape index (κ2) is 6.95. The molecule has 0 aliphatic carbocycles. The molecule has 0 aliphatic heterocycles. The molecule has 0 spiro atoms. The molecule has 0 saturated carbocycles. The van der Waals surface area contributed by atoms with E-state index in [1.54, 1.807) is 0 Å². The number of rotatable bonds is 1. The Morgan fingerprint density at radius 1 is 1.44 bits per heavy atom. The van der Waals surface area contributed by atoms with Gasteiger partial charge in [-0.1, -0.05) is 29.5 Å². The second-order valence-electron chi connectivity index (χ2n) is 1.14. The van der Waals surface area contributed by atoms with Crippen LogP contribution < -0.4 is 14.7 Å². The highest BCUT2D eigenvalue weighted by Gasteiger charge is 1.58. The Balaban J connectivity index is 0. The fourth-order valence-electron chi connectivity index (χ4n) is 0. The van der Waals surface area contributed by atoms with Crippen molar-refractivity contribution >= 4 is 30.4 Å². The maximum atomic E-state index is 8.55. The maximum Gasteiger partial charge on any atom is -0.000735 e. The van der Waals surface area contributed by atoms with E-state index in [2.05, 4.69) is 29.5 Å². The van der Waals surface area contributed by atoms with Crippen LogP contribution in [0.1, 0.15) is 13.3 Å². The molecule has 0 radical (unpaired) electrons. The van der Waals surface area contributed by atoms with Crippen molar-refractivity contribution < 1.29 is 19.2 Å². The lowest BCUT2D eigenvalue weighted by molar-refractivity contribution is -0.432. The maximum absolute atomic E-state index is 8.55. The SMILES string of the molecule is CCCI.O=P([O-])([O-])[O-]. The Labute approximate surface area is 67.7 Å². The number of phosphoric acid groups is 1. The summed E-state index contributed by atoms with van der Waals surface area (Å²) in [5.41, 5.74) is 0. The molecule has 0 aliphatic rings. The molecular formula is C3H7IO4P-3. The molecule has 0 unspecified atom stereocenters. The van der Waals surface area contributed by atoms with Gasteiger partial charge in [0.05, 0.1) is 0 Å². The van der Waals surface area contributed by atoms with Crippen LogP contribution in [0.15, 0.2) is 0 Å². The third-order valence-electron chi connectivity index (χ3n) is 0.189. The quantitative estimate of drug-likeness (QED) is 0.346. The van der Waals surface area contributed by atoms with Gasteiger partial charge in [0.25, 0.3) is 0 Å². The van der Waals surface area contributed by atoms with Crippen molar-refractivity contribution in [3.63, 3.8) is 0 Å². The molecule has 0 saturated heterocycles. The molecule has 0 aromatic rings. The first-order valence-corrected chi connectivity index (χ1v) is 5.19. The highest BCUT2D eigenvalue weighted by molar-refractivity contribution is 14.1. The summed E-state index contributed by atoms with van der Waals surface area (Å²) >= 11 is 2.35. The minimum atomic E-state index is -5.39. The van der Waals surface area contributed by atoms with Gasteiger partial charge in [-0.15, -0.1) is 0 Å². The molecule has 0 fully saturated rings. The molecule has 0 N–H and O–H groups in total. The van der Waals surface area contributed by atoms with Crippen LogP contribution in [0.4, 0.5) is 0 Å². The molecule has 0 rings (SSSR count). The third kappa shape index (κ3) is 122. The van der Waals surface area contributed by atoms with E-state index >= 15 is 0 Å². The molecule has 0 amide bonds. The molecular weight excluding hydrogens is 258 g/mol. The van der Waals surface area contributed by atoms with Crippen molar-refractivity contribution in [1.82, 2.24) is 0 Å². The summed E-state index contributed by atoms with van der Waals surface area (Å²) in [7, 11) is -5.39. The third-order valence-corrected chi connectivity index (χ3v) is 1.27. The van der Waals surface area contributed by atoms with Gasteiger partial charge < -0.3 is 19.2 Å². The summed E-state index contributed by atoms with van der Waals surface area (Å²) in [5.74, 6) is 0. The van der Waals surface area contributed by atoms with Crippen molar-refractivity contribution in [3.05, 3.63) is 0 Å². The number of hydrogen-bond acceptors (Lipinski definition) is 4. The zero-order valence-electron chi connectivity index (χ0n) is 4.87. The standard InChI is InChI=1S/C3H7I.H3O4P/c1-2-3-4;1-5(2,3)4/h2-3H2,1H3;(H3,1,2,3,4)/p-3. The van der Waals surface area contributed by atoms with Gasteiger partial charge in [0, 0.05) is 0 Å². The van der Waals surface area contributed by atoms with Crippen LogP contribution in [-0.4, -0.2) is 4.43 Å². The number of halogens is 1. The molecule has 0 aromatic carbocycles. The Bertz CT molecular complexity index is 79.5. The predicted molar refractivity (Wildman–Crippen MR) is 36.8 cm³/mol. The van der Waals surface area contributed by atoms with Gasteiger partial charge >= 0.3 is 0 Å². The second-order valence-corrected chi connectivity index (χ2v) is 3.11. The van der Waals surface area contributed by atoms with Crippen LogP contribution in [0.5, 0.6) is 0 Å². The lowest BCUT2D eigenvalue weighted by atomic mass is 10.6. The first-order valence-electron chi connectivity index (χ1n) is 2.20. The van der Waals surface area contributed by atoms with E-state index in [-0.39, 0.29) is 0 Å². The van der Waals surface area contributed by atoms with Gasteiger partial charge in [0.1, 0.15) is 0 Å². The van der Waals surface area contributed by atoms with Crippen LogP contribution in [0.2, 0.25) is 0 Å². The molecule has 0 bridgehead atoms. The largest absolute Gasteiger partial charge is 0.822 e. The fourth-order valence-corrected chi connectivity index (χ4v) is 0.